The average Bonchev–Trinajstić information content (AvgIpc) is 2.95. The number of nitrogens with zero attached hydrogens (tertiary/aromatic N) is 4. The Morgan fingerprint density at radius 3 is 3.00 bits per heavy atom. The van der Waals surface area contributed by atoms with E-state index in [1.807, 2.05) is 35.3 Å². The molecule has 0 bridgehead atoms. The number of hydrogen-bond donors (Lipinski definition) is 1. The third-order valence-electron chi connectivity index (χ3n) is 3.31. The fraction of sp³-hybridized carbons (Fsp3) is 0.312. The topological polar surface area (TPSA) is 55.6 Å². The van der Waals surface area contributed by atoms with Gasteiger partial charge in [-0.2, -0.15) is 0 Å². The number of fused-ring (bicyclic) bond motifs is 1. The molecule has 2 heterocycles. The normalized spacial score (nSPS) is 11.4. The van der Waals surface area contributed by atoms with Crippen molar-refractivity contribution in [3.8, 4) is 5.69 Å². The molecule has 0 spiro atoms. The lowest BCUT2D eigenvalue weighted by molar-refractivity contribution is 0.548. The van der Waals surface area contributed by atoms with E-state index in [0.717, 1.165) is 35.2 Å². The molecule has 1 N–H and O–H groups in total. The average molecular weight is 281 g/mol. The van der Waals surface area contributed by atoms with E-state index in [1.165, 1.54) is 0 Å². The standard InChI is InChI=1S/C16H19N5/c1-12(2)8-18-9-14-11-21(20-19-14)16-5-3-4-13-6-7-17-10-15(13)16/h3-7,10-12,18H,8-9H2,1-2H3. The maximum Gasteiger partial charge on any atom is 0.0969 e. The Labute approximate surface area is 124 Å². The van der Waals surface area contributed by atoms with Gasteiger partial charge in [0.25, 0.3) is 0 Å². The first-order chi connectivity index (χ1) is 10.2. The highest BCUT2D eigenvalue weighted by molar-refractivity contribution is 5.89. The van der Waals surface area contributed by atoms with E-state index in [0.29, 0.717) is 5.92 Å². The van der Waals surface area contributed by atoms with Crippen molar-refractivity contribution in [3.63, 3.8) is 0 Å². The van der Waals surface area contributed by atoms with Crippen LogP contribution in [0.4, 0.5) is 0 Å². The summed E-state index contributed by atoms with van der Waals surface area (Å²) in [4.78, 5) is 4.20. The third kappa shape index (κ3) is 3.08. The molecular weight excluding hydrogens is 262 g/mol. The number of nitrogens with one attached hydrogen (secondary N) is 1. The van der Waals surface area contributed by atoms with Crippen molar-refractivity contribution in [1.29, 1.82) is 0 Å². The van der Waals surface area contributed by atoms with Gasteiger partial charge in [-0.3, -0.25) is 4.98 Å². The molecule has 0 radical (unpaired) electrons. The van der Waals surface area contributed by atoms with Crippen LogP contribution in [0.5, 0.6) is 0 Å². The molecule has 108 valence electrons. The Morgan fingerprint density at radius 2 is 2.14 bits per heavy atom. The van der Waals surface area contributed by atoms with Crippen molar-refractivity contribution < 1.29 is 0 Å². The van der Waals surface area contributed by atoms with E-state index in [9.17, 15) is 0 Å². The molecule has 0 fully saturated rings. The van der Waals surface area contributed by atoms with Crippen LogP contribution >= 0.6 is 0 Å². The Hall–Kier alpha value is -2.27. The van der Waals surface area contributed by atoms with Crippen LogP contribution in [0.1, 0.15) is 19.5 Å². The third-order valence-corrected chi connectivity index (χ3v) is 3.31. The van der Waals surface area contributed by atoms with Gasteiger partial charge < -0.3 is 5.32 Å². The number of hydrogen-bond acceptors (Lipinski definition) is 4. The van der Waals surface area contributed by atoms with Gasteiger partial charge in [-0.25, -0.2) is 4.68 Å². The lowest BCUT2D eigenvalue weighted by Gasteiger charge is -2.05. The maximum atomic E-state index is 4.23. The maximum absolute atomic E-state index is 4.23. The highest BCUT2D eigenvalue weighted by atomic mass is 15.4. The van der Waals surface area contributed by atoms with Gasteiger partial charge >= 0.3 is 0 Å². The lowest BCUT2D eigenvalue weighted by Crippen LogP contribution is -2.19. The first-order valence-corrected chi connectivity index (χ1v) is 7.19. The highest BCUT2D eigenvalue weighted by Crippen LogP contribution is 2.20. The summed E-state index contributed by atoms with van der Waals surface area (Å²) in [5.74, 6) is 0.629. The molecular formula is C16H19N5. The quantitative estimate of drug-likeness (QED) is 0.781. The first kappa shape index (κ1) is 13.7. The van der Waals surface area contributed by atoms with Gasteiger partial charge in [0.15, 0.2) is 0 Å². The number of rotatable bonds is 5. The molecule has 3 aromatic rings. The second kappa shape index (κ2) is 6.01. The van der Waals surface area contributed by atoms with Gasteiger partial charge in [-0.1, -0.05) is 31.2 Å². The van der Waals surface area contributed by atoms with E-state index >= 15 is 0 Å². The summed E-state index contributed by atoms with van der Waals surface area (Å²) in [7, 11) is 0. The highest BCUT2D eigenvalue weighted by Gasteiger charge is 2.06. The molecule has 0 unspecified atom stereocenters. The molecule has 0 aliphatic rings. The summed E-state index contributed by atoms with van der Waals surface area (Å²) in [5, 5.41) is 14.1. The van der Waals surface area contributed by atoms with Gasteiger partial charge in [0, 0.05) is 24.3 Å². The molecule has 0 atom stereocenters. The van der Waals surface area contributed by atoms with E-state index < -0.39 is 0 Å². The summed E-state index contributed by atoms with van der Waals surface area (Å²) in [5.41, 5.74) is 1.94. The van der Waals surface area contributed by atoms with Crippen molar-refractivity contribution in [1.82, 2.24) is 25.3 Å². The van der Waals surface area contributed by atoms with Gasteiger partial charge in [0.2, 0.25) is 0 Å². The van der Waals surface area contributed by atoms with Gasteiger partial charge in [-0.15, -0.1) is 5.10 Å². The van der Waals surface area contributed by atoms with Crippen molar-refractivity contribution in [2.24, 2.45) is 5.92 Å². The zero-order valence-electron chi connectivity index (χ0n) is 12.3. The van der Waals surface area contributed by atoms with Crippen molar-refractivity contribution >= 4 is 10.8 Å². The van der Waals surface area contributed by atoms with Crippen molar-refractivity contribution in [2.75, 3.05) is 6.54 Å². The van der Waals surface area contributed by atoms with E-state index in [-0.39, 0.29) is 0 Å². The molecule has 5 nitrogen and oxygen atoms in total. The van der Waals surface area contributed by atoms with Crippen LogP contribution in [-0.2, 0) is 6.54 Å². The second-order valence-corrected chi connectivity index (χ2v) is 5.55. The summed E-state index contributed by atoms with van der Waals surface area (Å²) in [6.45, 7) is 6.09. The molecule has 0 aliphatic heterocycles. The summed E-state index contributed by atoms with van der Waals surface area (Å²) < 4.78 is 1.82. The fourth-order valence-electron chi connectivity index (χ4n) is 2.28. The number of aromatic nitrogens is 4. The SMILES string of the molecule is CC(C)CNCc1cn(-c2cccc3ccncc23)nn1. The molecule has 0 aliphatic carbocycles. The summed E-state index contributed by atoms with van der Waals surface area (Å²) >= 11 is 0. The Morgan fingerprint density at radius 1 is 1.24 bits per heavy atom. The van der Waals surface area contributed by atoms with E-state index in [1.54, 1.807) is 6.20 Å². The summed E-state index contributed by atoms with van der Waals surface area (Å²) in [6, 6.07) is 8.13. The number of pyridine rings is 1. The van der Waals surface area contributed by atoms with Crippen LogP contribution in [0.15, 0.2) is 42.9 Å². The van der Waals surface area contributed by atoms with E-state index in [2.05, 4.69) is 40.5 Å². The molecule has 5 heteroatoms. The minimum absolute atomic E-state index is 0.629. The van der Waals surface area contributed by atoms with Crippen molar-refractivity contribution in [2.45, 2.75) is 20.4 Å². The van der Waals surface area contributed by atoms with Crippen LogP contribution in [0.2, 0.25) is 0 Å². The number of benzene rings is 1. The predicted molar refractivity (Wildman–Crippen MR) is 83.2 cm³/mol. The molecule has 0 amide bonds. The van der Waals surface area contributed by atoms with Crippen LogP contribution in [0.25, 0.3) is 16.5 Å². The second-order valence-electron chi connectivity index (χ2n) is 5.55. The molecule has 1 aromatic carbocycles. The van der Waals surface area contributed by atoms with Crippen LogP contribution in [-0.4, -0.2) is 26.5 Å². The first-order valence-electron chi connectivity index (χ1n) is 7.19. The Bertz CT molecular complexity index is 727. The van der Waals surface area contributed by atoms with Gasteiger partial charge in [-0.05, 0) is 30.0 Å². The van der Waals surface area contributed by atoms with Crippen LogP contribution in [0.3, 0.4) is 0 Å². The largest absolute Gasteiger partial charge is 0.311 e. The minimum Gasteiger partial charge on any atom is -0.311 e. The fourth-order valence-corrected chi connectivity index (χ4v) is 2.28. The zero-order chi connectivity index (χ0) is 14.7. The van der Waals surface area contributed by atoms with Crippen LogP contribution in [0, 0.1) is 5.92 Å². The minimum atomic E-state index is 0.629. The van der Waals surface area contributed by atoms with Gasteiger partial charge in [0.05, 0.1) is 17.6 Å². The molecule has 0 saturated carbocycles. The lowest BCUT2D eigenvalue weighted by atomic mass is 10.1. The van der Waals surface area contributed by atoms with Gasteiger partial charge in [0.1, 0.15) is 0 Å². The predicted octanol–water partition coefficient (Wildman–Crippen LogP) is 2.56. The van der Waals surface area contributed by atoms with E-state index in [4.69, 9.17) is 0 Å². The Balaban J connectivity index is 1.85. The Kier molecular flexibility index (Phi) is 3.92. The molecule has 2 aromatic heterocycles. The van der Waals surface area contributed by atoms with Crippen LogP contribution < -0.4 is 5.32 Å². The summed E-state index contributed by atoms with van der Waals surface area (Å²) in [6.07, 6.45) is 5.63. The molecule has 0 saturated heterocycles. The molecule has 21 heavy (non-hydrogen) atoms. The van der Waals surface area contributed by atoms with Crippen molar-refractivity contribution in [3.05, 3.63) is 48.5 Å². The zero-order valence-corrected chi connectivity index (χ0v) is 12.3. The molecule has 3 rings (SSSR count). The smallest absolute Gasteiger partial charge is 0.0969 e. The monoisotopic (exact) mass is 281 g/mol.